The summed E-state index contributed by atoms with van der Waals surface area (Å²) in [5, 5.41) is 0. The van der Waals surface area contributed by atoms with E-state index in [1.54, 1.807) is 38.2 Å². The van der Waals surface area contributed by atoms with Crippen LogP contribution in [0.5, 0.6) is 5.88 Å². The SMILES string of the molecule is Cn1cccc1OC(=O)N(CC1C2CN(S(=O)(=O)c3ccc(C(C)(C)C)cc3)CC12)c1ccc(N2CCOCC2)nc1. The third-order valence-corrected chi connectivity index (χ3v) is 10.6. The molecule has 0 N–H and O–H groups in total. The second-order valence-corrected chi connectivity index (χ2v) is 14.4. The average molecular weight is 594 g/mol. The highest BCUT2D eigenvalue weighted by Gasteiger charge is 2.58. The van der Waals surface area contributed by atoms with Crippen LogP contribution in [-0.4, -0.2) is 74.3 Å². The van der Waals surface area contributed by atoms with Crippen LogP contribution in [-0.2, 0) is 27.2 Å². The molecule has 1 amide bonds. The Bertz CT molecular complexity index is 1510. The number of carbonyl (C=O) groups is 1. The van der Waals surface area contributed by atoms with Gasteiger partial charge in [-0.15, -0.1) is 0 Å². The molecule has 1 aliphatic carbocycles. The Morgan fingerprint density at radius 3 is 2.31 bits per heavy atom. The number of amides is 1. The number of piperidine rings is 1. The number of rotatable bonds is 7. The second-order valence-electron chi connectivity index (χ2n) is 12.5. The van der Waals surface area contributed by atoms with Crippen LogP contribution in [0.25, 0.3) is 0 Å². The van der Waals surface area contributed by atoms with Crippen molar-refractivity contribution in [3.05, 3.63) is 66.5 Å². The first kappa shape index (κ1) is 28.7. The molecular formula is C31H39N5O5S. The molecule has 0 spiro atoms. The minimum absolute atomic E-state index is 0.0453. The number of fused-ring (bicyclic) bond motifs is 1. The van der Waals surface area contributed by atoms with E-state index >= 15 is 0 Å². The van der Waals surface area contributed by atoms with Crippen molar-refractivity contribution in [3.8, 4) is 5.88 Å². The highest BCUT2D eigenvalue weighted by Crippen LogP contribution is 2.53. The van der Waals surface area contributed by atoms with Gasteiger partial charge in [-0.25, -0.2) is 18.2 Å². The fourth-order valence-electron chi connectivity index (χ4n) is 6.06. The van der Waals surface area contributed by atoms with Gasteiger partial charge in [-0.1, -0.05) is 32.9 Å². The average Bonchev–Trinajstić information content (AvgIpc) is 3.26. The van der Waals surface area contributed by atoms with E-state index in [4.69, 9.17) is 9.47 Å². The largest absolute Gasteiger partial charge is 0.421 e. The third kappa shape index (κ3) is 5.65. The van der Waals surface area contributed by atoms with Crippen LogP contribution in [0, 0.1) is 17.8 Å². The number of sulfonamides is 1. The molecule has 2 saturated heterocycles. The molecule has 2 unspecified atom stereocenters. The van der Waals surface area contributed by atoms with Crippen molar-refractivity contribution in [2.45, 2.75) is 31.1 Å². The van der Waals surface area contributed by atoms with Gasteiger partial charge in [-0.3, -0.25) is 4.90 Å². The van der Waals surface area contributed by atoms with Gasteiger partial charge in [0.1, 0.15) is 5.82 Å². The number of benzene rings is 1. The summed E-state index contributed by atoms with van der Waals surface area (Å²) in [4.78, 5) is 22.2. The molecule has 1 saturated carbocycles. The van der Waals surface area contributed by atoms with E-state index in [9.17, 15) is 13.2 Å². The summed E-state index contributed by atoms with van der Waals surface area (Å²) in [6.07, 6.45) is 3.06. The number of hydrogen-bond donors (Lipinski definition) is 0. The summed E-state index contributed by atoms with van der Waals surface area (Å²) in [5.74, 6) is 1.87. The molecule has 2 aliphatic heterocycles. The number of pyridine rings is 1. The van der Waals surface area contributed by atoms with E-state index in [0.29, 0.717) is 49.3 Å². The molecule has 0 radical (unpaired) electrons. The molecular weight excluding hydrogens is 554 g/mol. The topological polar surface area (TPSA) is 97.2 Å². The van der Waals surface area contributed by atoms with Gasteiger partial charge >= 0.3 is 6.09 Å². The smallest absolute Gasteiger partial charge is 0.393 e. The summed E-state index contributed by atoms with van der Waals surface area (Å²) in [6, 6.07) is 14.6. The Labute approximate surface area is 247 Å². The van der Waals surface area contributed by atoms with Crippen LogP contribution >= 0.6 is 0 Å². The van der Waals surface area contributed by atoms with Crippen molar-refractivity contribution in [2.75, 3.05) is 55.7 Å². The Balaban J connectivity index is 1.15. The first-order valence-electron chi connectivity index (χ1n) is 14.5. The predicted octanol–water partition coefficient (Wildman–Crippen LogP) is 4.13. The van der Waals surface area contributed by atoms with Crippen molar-refractivity contribution in [1.82, 2.24) is 13.9 Å². The van der Waals surface area contributed by atoms with E-state index in [0.717, 1.165) is 24.5 Å². The van der Waals surface area contributed by atoms with Crippen LogP contribution in [0.1, 0.15) is 26.3 Å². The molecule has 4 heterocycles. The molecule has 3 aromatic rings. The molecule has 3 fully saturated rings. The first-order valence-corrected chi connectivity index (χ1v) is 16.0. The van der Waals surface area contributed by atoms with Crippen LogP contribution < -0.4 is 14.5 Å². The summed E-state index contributed by atoms with van der Waals surface area (Å²) >= 11 is 0. The van der Waals surface area contributed by atoms with Crippen molar-refractivity contribution in [3.63, 3.8) is 0 Å². The molecule has 11 heteroatoms. The first-order chi connectivity index (χ1) is 20.0. The van der Waals surface area contributed by atoms with Gasteiger partial charge in [0.25, 0.3) is 0 Å². The quantitative estimate of drug-likeness (QED) is 0.407. The molecule has 3 aliphatic rings. The normalized spacial score (nSPS) is 22.6. The van der Waals surface area contributed by atoms with Crippen LogP contribution in [0.3, 0.4) is 0 Å². The van der Waals surface area contributed by atoms with Crippen LogP contribution in [0.15, 0.2) is 65.8 Å². The van der Waals surface area contributed by atoms with Crippen LogP contribution in [0.4, 0.5) is 16.3 Å². The number of aryl methyl sites for hydroxylation is 1. The maximum absolute atomic E-state index is 13.5. The van der Waals surface area contributed by atoms with E-state index < -0.39 is 16.1 Å². The molecule has 1 aromatic carbocycles. The monoisotopic (exact) mass is 593 g/mol. The van der Waals surface area contributed by atoms with E-state index in [-0.39, 0.29) is 23.2 Å². The fourth-order valence-corrected chi connectivity index (χ4v) is 7.58. The predicted molar refractivity (Wildman–Crippen MR) is 160 cm³/mol. The summed E-state index contributed by atoms with van der Waals surface area (Å²) in [6.45, 7) is 10.5. The molecule has 2 aromatic heterocycles. The molecule has 224 valence electrons. The zero-order chi connectivity index (χ0) is 29.6. The van der Waals surface area contributed by atoms with Gasteiger partial charge in [0.05, 0.1) is 30.0 Å². The lowest BCUT2D eigenvalue weighted by Gasteiger charge is -2.28. The second kappa shape index (κ2) is 11.0. The van der Waals surface area contributed by atoms with Crippen LogP contribution in [0.2, 0.25) is 0 Å². The number of hydrogen-bond acceptors (Lipinski definition) is 7. The number of aromatic nitrogens is 2. The lowest BCUT2D eigenvalue weighted by Crippen LogP contribution is -2.39. The van der Waals surface area contributed by atoms with E-state index in [1.165, 1.54) is 0 Å². The Kier molecular flexibility index (Phi) is 7.53. The van der Waals surface area contributed by atoms with Gasteiger partial charge in [0.2, 0.25) is 15.9 Å². The molecule has 0 bridgehead atoms. The van der Waals surface area contributed by atoms with Gasteiger partial charge in [-0.05, 0) is 59.1 Å². The number of morpholine rings is 1. The number of nitrogens with zero attached hydrogens (tertiary/aromatic N) is 5. The lowest BCUT2D eigenvalue weighted by molar-refractivity contribution is 0.122. The molecule has 2 atom stereocenters. The standard InChI is InChI=1S/C31H39N5O5S/c1-31(2,3)22-7-10-24(11-8-22)42(38,39)35-19-25-26(20-35)27(25)21-36(30(37)41-29-6-5-13-33(29)4)23-9-12-28(32-18-23)34-14-16-40-17-15-34/h5-13,18,25-27H,14-17,19-21H2,1-4H3. The minimum atomic E-state index is -3.58. The highest BCUT2D eigenvalue weighted by atomic mass is 32.2. The number of ether oxygens (including phenoxy) is 2. The maximum Gasteiger partial charge on any atom is 0.421 e. The number of anilines is 2. The van der Waals surface area contributed by atoms with E-state index in [2.05, 4.69) is 30.7 Å². The summed E-state index contributed by atoms with van der Waals surface area (Å²) in [7, 11) is -1.75. The van der Waals surface area contributed by atoms with Gasteiger partial charge in [-0.2, -0.15) is 4.31 Å². The Morgan fingerprint density at radius 2 is 1.74 bits per heavy atom. The molecule has 42 heavy (non-hydrogen) atoms. The van der Waals surface area contributed by atoms with Gasteiger partial charge < -0.3 is 18.9 Å². The zero-order valence-electron chi connectivity index (χ0n) is 24.6. The fraction of sp³-hybridized carbons (Fsp3) is 0.484. The Hall–Kier alpha value is -3.41. The van der Waals surface area contributed by atoms with E-state index in [1.807, 2.05) is 43.6 Å². The molecule has 10 nitrogen and oxygen atoms in total. The van der Waals surface area contributed by atoms with Crippen molar-refractivity contribution >= 4 is 27.6 Å². The lowest BCUT2D eigenvalue weighted by atomic mass is 9.87. The van der Waals surface area contributed by atoms with Crippen molar-refractivity contribution in [1.29, 1.82) is 0 Å². The summed E-state index contributed by atoms with van der Waals surface area (Å²) in [5.41, 5.74) is 1.70. The highest BCUT2D eigenvalue weighted by molar-refractivity contribution is 7.89. The van der Waals surface area contributed by atoms with Gasteiger partial charge in [0.15, 0.2) is 0 Å². The third-order valence-electron chi connectivity index (χ3n) is 8.78. The maximum atomic E-state index is 13.5. The summed E-state index contributed by atoms with van der Waals surface area (Å²) < 4.78 is 41.4. The zero-order valence-corrected chi connectivity index (χ0v) is 25.5. The van der Waals surface area contributed by atoms with Crippen molar-refractivity contribution < 1.29 is 22.7 Å². The minimum Gasteiger partial charge on any atom is -0.393 e. The number of carbonyl (C=O) groups excluding carboxylic acids is 1. The molecule has 6 rings (SSSR count). The van der Waals surface area contributed by atoms with Gasteiger partial charge in [0, 0.05) is 52.0 Å². The Morgan fingerprint density at radius 1 is 1.05 bits per heavy atom. The van der Waals surface area contributed by atoms with Crippen molar-refractivity contribution in [2.24, 2.45) is 24.8 Å².